The van der Waals surface area contributed by atoms with E-state index < -0.39 is 6.03 Å². The van der Waals surface area contributed by atoms with Crippen LogP contribution >= 0.6 is 0 Å². The molecule has 0 bridgehead atoms. The van der Waals surface area contributed by atoms with Crippen molar-refractivity contribution in [3.8, 4) is 0 Å². The second kappa shape index (κ2) is 4.72. The normalized spacial score (nSPS) is 8.60. The van der Waals surface area contributed by atoms with Crippen molar-refractivity contribution >= 4 is 6.03 Å². The van der Waals surface area contributed by atoms with Crippen LogP contribution in [-0.4, -0.2) is 24.6 Å². The first kappa shape index (κ1) is 8.87. The fourth-order valence-electron chi connectivity index (χ4n) is 0.383. The lowest BCUT2D eigenvalue weighted by molar-refractivity contribution is 0.210. The molecule has 0 aliphatic heterocycles. The molecule has 5 heteroatoms. The molecule has 0 aliphatic rings. The van der Waals surface area contributed by atoms with Crippen molar-refractivity contribution in [2.75, 3.05) is 13.6 Å². The molecule has 0 rings (SSSR count). The molecule has 0 unspecified atom stereocenters. The van der Waals surface area contributed by atoms with Crippen LogP contribution in [0, 0.1) is 4.91 Å². The Morgan fingerprint density at radius 1 is 1.70 bits per heavy atom. The third-order valence-corrected chi connectivity index (χ3v) is 0.943. The minimum absolute atomic E-state index is 0.461. The molecule has 5 nitrogen and oxygen atoms in total. The largest absolute Gasteiger partial charge is 0.340 e. The van der Waals surface area contributed by atoms with Gasteiger partial charge >= 0.3 is 6.03 Å². The number of carbonyl (C=O) groups excluding carboxylic acids is 1. The molecule has 0 heterocycles. The quantitative estimate of drug-likeness (QED) is 0.469. The number of hydrogen-bond acceptors (Lipinski definition) is 3. The Morgan fingerprint density at radius 2 is 2.30 bits per heavy atom. The molecular weight excluding hydrogens is 134 g/mol. The van der Waals surface area contributed by atoms with E-state index in [1.54, 1.807) is 0 Å². The van der Waals surface area contributed by atoms with Crippen LogP contribution in [0.3, 0.4) is 0 Å². The molecule has 0 aromatic carbocycles. The number of hydrogen-bond donors (Lipinski definition) is 1. The van der Waals surface area contributed by atoms with Crippen LogP contribution in [0.4, 0.5) is 4.79 Å². The van der Waals surface area contributed by atoms with Crippen molar-refractivity contribution in [3.05, 3.63) is 4.91 Å². The highest BCUT2D eigenvalue weighted by Gasteiger charge is 2.04. The molecule has 0 fully saturated rings. The monoisotopic (exact) mass is 145 g/mol. The molecule has 0 atom stereocenters. The zero-order valence-electron chi connectivity index (χ0n) is 6.13. The van der Waals surface area contributed by atoms with Crippen molar-refractivity contribution in [1.82, 2.24) is 10.3 Å². The van der Waals surface area contributed by atoms with Crippen LogP contribution in [0.15, 0.2) is 5.29 Å². The van der Waals surface area contributed by atoms with E-state index in [1.807, 2.05) is 6.92 Å². The van der Waals surface area contributed by atoms with Crippen molar-refractivity contribution in [1.29, 1.82) is 0 Å². The number of amides is 2. The predicted octanol–water partition coefficient (Wildman–Crippen LogP) is 0.719. The van der Waals surface area contributed by atoms with Crippen molar-refractivity contribution in [2.24, 2.45) is 5.29 Å². The maximum absolute atomic E-state index is 10.7. The van der Waals surface area contributed by atoms with E-state index in [-0.39, 0.29) is 0 Å². The smallest absolute Gasteiger partial charge is 0.336 e. The maximum Gasteiger partial charge on any atom is 0.340 e. The number of nitroso groups, excluding NO2 is 1. The summed E-state index contributed by atoms with van der Waals surface area (Å²) >= 11 is 0. The molecule has 0 aromatic rings. The van der Waals surface area contributed by atoms with Gasteiger partial charge in [-0.3, -0.25) is 0 Å². The molecule has 10 heavy (non-hydrogen) atoms. The Kier molecular flexibility index (Phi) is 4.19. The van der Waals surface area contributed by atoms with Gasteiger partial charge < -0.3 is 5.32 Å². The van der Waals surface area contributed by atoms with Crippen molar-refractivity contribution in [2.45, 2.75) is 13.3 Å². The van der Waals surface area contributed by atoms with Gasteiger partial charge in [0.15, 0.2) is 0 Å². The first-order valence-electron chi connectivity index (χ1n) is 3.07. The van der Waals surface area contributed by atoms with Crippen LogP contribution < -0.4 is 5.32 Å². The Bertz CT molecular complexity index is 126. The average molecular weight is 145 g/mol. The molecule has 0 spiro atoms. The third-order valence-electron chi connectivity index (χ3n) is 0.943. The second-order valence-electron chi connectivity index (χ2n) is 1.84. The van der Waals surface area contributed by atoms with Crippen LogP contribution in [0.1, 0.15) is 13.3 Å². The topological polar surface area (TPSA) is 61.8 Å². The predicted molar refractivity (Wildman–Crippen MR) is 37.2 cm³/mol. The molecule has 2 amide bonds. The highest BCUT2D eigenvalue weighted by molar-refractivity contribution is 5.73. The fourth-order valence-corrected chi connectivity index (χ4v) is 0.383. The summed E-state index contributed by atoms with van der Waals surface area (Å²) in [6.07, 6.45) is 0.846. The molecule has 1 N–H and O–H groups in total. The van der Waals surface area contributed by atoms with Gasteiger partial charge in [-0.25, -0.2) is 4.79 Å². The summed E-state index contributed by atoms with van der Waals surface area (Å²) in [7, 11) is 1.30. The van der Waals surface area contributed by atoms with Gasteiger partial charge in [-0.15, -0.1) is 4.91 Å². The van der Waals surface area contributed by atoms with Crippen LogP contribution in [0.2, 0.25) is 0 Å². The second-order valence-corrected chi connectivity index (χ2v) is 1.84. The van der Waals surface area contributed by atoms with Gasteiger partial charge in [0.2, 0.25) is 0 Å². The SMILES string of the molecule is CCCNC(=O)N(C)N=O. The Balaban J connectivity index is 3.51. The number of nitrogens with one attached hydrogen (secondary N) is 1. The van der Waals surface area contributed by atoms with Gasteiger partial charge in [0.25, 0.3) is 0 Å². The summed E-state index contributed by atoms with van der Waals surface area (Å²) in [4.78, 5) is 20.4. The van der Waals surface area contributed by atoms with Crippen LogP contribution in [0.5, 0.6) is 0 Å². The minimum Gasteiger partial charge on any atom is -0.336 e. The summed E-state index contributed by atoms with van der Waals surface area (Å²) in [5, 5.41) is 5.61. The molecule has 0 saturated carbocycles. The van der Waals surface area contributed by atoms with Gasteiger partial charge in [0, 0.05) is 13.6 Å². The zero-order valence-corrected chi connectivity index (χ0v) is 6.13. The Morgan fingerprint density at radius 3 is 2.70 bits per heavy atom. The van der Waals surface area contributed by atoms with Gasteiger partial charge in [-0.05, 0) is 6.42 Å². The van der Waals surface area contributed by atoms with E-state index in [1.165, 1.54) is 7.05 Å². The highest BCUT2D eigenvalue weighted by Crippen LogP contribution is 1.82. The van der Waals surface area contributed by atoms with Crippen molar-refractivity contribution in [3.63, 3.8) is 0 Å². The lowest BCUT2D eigenvalue weighted by Gasteiger charge is -2.06. The van der Waals surface area contributed by atoms with Gasteiger partial charge in [-0.1, -0.05) is 6.92 Å². The molecular formula is C5H11N3O2. The van der Waals surface area contributed by atoms with E-state index in [0.717, 1.165) is 11.4 Å². The van der Waals surface area contributed by atoms with Crippen LogP contribution in [0.25, 0.3) is 0 Å². The Labute approximate surface area is 59.3 Å². The summed E-state index contributed by atoms with van der Waals surface area (Å²) < 4.78 is 0. The maximum atomic E-state index is 10.7. The van der Waals surface area contributed by atoms with Crippen molar-refractivity contribution < 1.29 is 4.79 Å². The summed E-state index contributed by atoms with van der Waals surface area (Å²) in [6, 6.07) is -0.461. The van der Waals surface area contributed by atoms with Gasteiger partial charge in [-0.2, -0.15) is 5.01 Å². The standard InChI is InChI=1S/C5H11N3O2/c1-3-4-6-5(9)8(2)7-10/h3-4H2,1-2H3,(H,6,9). The summed E-state index contributed by atoms with van der Waals surface area (Å²) in [5.41, 5.74) is 0. The molecule has 0 aromatic heterocycles. The van der Waals surface area contributed by atoms with Crippen LogP contribution in [-0.2, 0) is 0 Å². The van der Waals surface area contributed by atoms with E-state index in [2.05, 4.69) is 10.6 Å². The number of rotatable bonds is 3. The lowest BCUT2D eigenvalue weighted by Crippen LogP contribution is -2.33. The van der Waals surface area contributed by atoms with E-state index in [0.29, 0.717) is 6.54 Å². The minimum atomic E-state index is -0.461. The number of nitrogens with zero attached hydrogens (tertiary/aromatic N) is 2. The molecule has 0 saturated heterocycles. The fraction of sp³-hybridized carbons (Fsp3) is 0.800. The number of carbonyl (C=O) groups is 1. The summed E-state index contributed by atoms with van der Waals surface area (Å²) in [5.74, 6) is 0. The molecule has 58 valence electrons. The molecule has 0 aliphatic carbocycles. The molecule has 0 radical (unpaired) electrons. The zero-order chi connectivity index (χ0) is 7.98. The number of urea groups is 1. The van der Waals surface area contributed by atoms with Gasteiger partial charge in [0.05, 0.1) is 5.29 Å². The highest BCUT2D eigenvalue weighted by atomic mass is 16.3. The van der Waals surface area contributed by atoms with Gasteiger partial charge in [0.1, 0.15) is 0 Å². The van der Waals surface area contributed by atoms with E-state index in [9.17, 15) is 9.70 Å². The first-order valence-corrected chi connectivity index (χ1v) is 3.07. The third kappa shape index (κ3) is 3.01. The average Bonchev–Trinajstić information content (AvgIpc) is 1.98. The lowest BCUT2D eigenvalue weighted by atomic mass is 10.5. The van der Waals surface area contributed by atoms with E-state index >= 15 is 0 Å². The first-order chi connectivity index (χ1) is 4.72. The summed E-state index contributed by atoms with van der Waals surface area (Å²) in [6.45, 7) is 2.49. The van der Waals surface area contributed by atoms with E-state index in [4.69, 9.17) is 0 Å². The Hall–Kier alpha value is -1.13.